The van der Waals surface area contributed by atoms with E-state index in [0.29, 0.717) is 24.1 Å². The molecule has 0 aliphatic carbocycles. The normalized spacial score (nSPS) is 13.8. The number of pyridine rings is 1. The van der Waals surface area contributed by atoms with Gasteiger partial charge in [-0.15, -0.1) is 0 Å². The molecule has 2 amide bonds. The van der Waals surface area contributed by atoms with Gasteiger partial charge in [-0.1, -0.05) is 19.1 Å². The molecule has 4 rings (SSSR count). The molecule has 0 bridgehead atoms. The van der Waals surface area contributed by atoms with Crippen molar-refractivity contribution in [2.24, 2.45) is 0 Å². The first kappa shape index (κ1) is 14.6. The smallest absolute Gasteiger partial charge is 0.261 e. The van der Waals surface area contributed by atoms with Crippen molar-refractivity contribution >= 4 is 17.5 Å². The van der Waals surface area contributed by atoms with Crippen LogP contribution in [0, 0.1) is 0 Å². The fourth-order valence-corrected chi connectivity index (χ4v) is 3.09. The van der Waals surface area contributed by atoms with E-state index in [-0.39, 0.29) is 11.8 Å². The highest BCUT2D eigenvalue weighted by molar-refractivity contribution is 6.21. The standard InChI is InChI=1S/C19H17N3O2/c1-2-13-7-9-21-12-14(20-17(21)11-13)8-10-22-18(23)15-5-3-4-6-16(15)19(22)24/h3-7,9,11-12H,2,8,10H2,1H3. The Morgan fingerprint density at radius 1 is 1.04 bits per heavy atom. The van der Waals surface area contributed by atoms with Crippen LogP contribution in [0.3, 0.4) is 0 Å². The lowest BCUT2D eigenvalue weighted by Crippen LogP contribution is -2.31. The van der Waals surface area contributed by atoms with Gasteiger partial charge < -0.3 is 4.40 Å². The van der Waals surface area contributed by atoms with E-state index in [9.17, 15) is 9.59 Å². The van der Waals surface area contributed by atoms with Crippen LogP contribution >= 0.6 is 0 Å². The minimum absolute atomic E-state index is 0.215. The van der Waals surface area contributed by atoms with Gasteiger partial charge in [0.15, 0.2) is 0 Å². The molecule has 0 unspecified atom stereocenters. The third-order valence-electron chi connectivity index (χ3n) is 4.45. The summed E-state index contributed by atoms with van der Waals surface area (Å²) in [5.74, 6) is -0.430. The summed E-state index contributed by atoms with van der Waals surface area (Å²) >= 11 is 0. The Morgan fingerprint density at radius 2 is 1.75 bits per heavy atom. The minimum atomic E-state index is -0.215. The van der Waals surface area contributed by atoms with E-state index < -0.39 is 0 Å². The van der Waals surface area contributed by atoms with E-state index in [0.717, 1.165) is 17.8 Å². The molecule has 0 saturated carbocycles. The van der Waals surface area contributed by atoms with Crippen molar-refractivity contribution < 1.29 is 9.59 Å². The fourth-order valence-electron chi connectivity index (χ4n) is 3.09. The molecule has 0 spiro atoms. The lowest BCUT2D eigenvalue weighted by molar-refractivity contribution is 0.0656. The maximum absolute atomic E-state index is 12.4. The number of aromatic nitrogens is 2. The number of carbonyl (C=O) groups excluding carboxylic acids is 2. The third-order valence-corrected chi connectivity index (χ3v) is 4.45. The minimum Gasteiger partial charge on any atom is -0.307 e. The zero-order chi connectivity index (χ0) is 16.7. The predicted octanol–water partition coefficient (Wildman–Crippen LogP) is 2.74. The number of hydrogen-bond donors (Lipinski definition) is 0. The third kappa shape index (κ3) is 2.29. The van der Waals surface area contributed by atoms with Crippen molar-refractivity contribution in [3.05, 3.63) is 71.2 Å². The van der Waals surface area contributed by atoms with Crippen LogP contribution in [0.4, 0.5) is 0 Å². The molecule has 1 aliphatic rings. The molecule has 1 aliphatic heterocycles. The number of benzene rings is 1. The summed E-state index contributed by atoms with van der Waals surface area (Å²) in [6, 6.07) is 11.1. The van der Waals surface area contributed by atoms with E-state index in [4.69, 9.17) is 0 Å². The number of imide groups is 1. The summed E-state index contributed by atoms with van der Waals surface area (Å²) in [5.41, 5.74) is 3.99. The van der Waals surface area contributed by atoms with Crippen LogP contribution in [0.2, 0.25) is 0 Å². The Balaban J connectivity index is 1.53. The molecule has 0 N–H and O–H groups in total. The lowest BCUT2D eigenvalue weighted by Gasteiger charge is -2.12. The van der Waals surface area contributed by atoms with E-state index in [1.165, 1.54) is 10.5 Å². The molecular formula is C19H17N3O2. The van der Waals surface area contributed by atoms with Crippen LogP contribution < -0.4 is 0 Å². The number of hydrogen-bond acceptors (Lipinski definition) is 3. The van der Waals surface area contributed by atoms with Crippen LogP contribution in [-0.2, 0) is 12.8 Å². The van der Waals surface area contributed by atoms with Gasteiger partial charge in [-0.2, -0.15) is 0 Å². The Labute approximate surface area is 139 Å². The molecule has 3 heterocycles. The first-order valence-electron chi connectivity index (χ1n) is 8.09. The molecule has 120 valence electrons. The van der Waals surface area contributed by atoms with Crippen molar-refractivity contribution in [1.29, 1.82) is 0 Å². The monoisotopic (exact) mass is 319 g/mol. The number of fused-ring (bicyclic) bond motifs is 2. The van der Waals surface area contributed by atoms with Gasteiger partial charge in [-0.25, -0.2) is 4.98 Å². The zero-order valence-electron chi connectivity index (χ0n) is 13.4. The Morgan fingerprint density at radius 3 is 2.42 bits per heavy atom. The zero-order valence-corrected chi connectivity index (χ0v) is 13.4. The topological polar surface area (TPSA) is 54.7 Å². The number of nitrogens with zero attached hydrogens (tertiary/aromatic N) is 3. The van der Waals surface area contributed by atoms with Gasteiger partial charge in [0.1, 0.15) is 5.65 Å². The summed E-state index contributed by atoms with van der Waals surface area (Å²) in [6.07, 6.45) is 5.46. The van der Waals surface area contributed by atoms with Gasteiger partial charge in [0.2, 0.25) is 0 Å². The van der Waals surface area contributed by atoms with Crippen LogP contribution in [0.15, 0.2) is 48.8 Å². The summed E-state index contributed by atoms with van der Waals surface area (Å²) in [5, 5.41) is 0. The highest BCUT2D eigenvalue weighted by Crippen LogP contribution is 2.22. The molecule has 0 radical (unpaired) electrons. The highest BCUT2D eigenvalue weighted by atomic mass is 16.2. The van der Waals surface area contributed by atoms with Crippen molar-refractivity contribution in [3.8, 4) is 0 Å². The molecule has 0 atom stereocenters. The second-order valence-electron chi connectivity index (χ2n) is 5.94. The van der Waals surface area contributed by atoms with Crippen molar-refractivity contribution in [2.45, 2.75) is 19.8 Å². The van der Waals surface area contributed by atoms with Gasteiger partial charge in [0.05, 0.1) is 16.8 Å². The molecule has 5 nitrogen and oxygen atoms in total. The Kier molecular flexibility index (Phi) is 3.41. The number of carbonyl (C=O) groups is 2. The number of aryl methyl sites for hydroxylation is 1. The molecule has 0 saturated heterocycles. The van der Waals surface area contributed by atoms with E-state index in [1.807, 2.05) is 16.8 Å². The van der Waals surface area contributed by atoms with Crippen LogP contribution in [0.1, 0.15) is 38.9 Å². The first-order valence-corrected chi connectivity index (χ1v) is 8.09. The van der Waals surface area contributed by atoms with Crippen molar-refractivity contribution in [1.82, 2.24) is 14.3 Å². The van der Waals surface area contributed by atoms with Crippen LogP contribution in [-0.4, -0.2) is 32.6 Å². The fraction of sp³-hybridized carbons (Fsp3) is 0.211. The molecule has 2 aromatic heterocycles. The first-order chi connectivity index (χ1) is 11.7. The summed E-state index contributed by atoms with van der Waals surface area (Å²) in [7, 11) is 0. The summed E-state index contributed by atoms with van der Waals surface area (Å²) in [6.45, 7) is 2.45. The van der Waals surface area contributed by atoms with E-state index in [1.54, 1.807) is 24.3 Å². The molecular weight excluding hydrogens is 302 g/mol. The molecule has 1 aromatic carbocycles. The highest BCUT2D eigenvalue weighted by Gasteiger charge is 2.34. The molecule has 0 fully saturated rings. The Bertz CT molecular complexity index is 923. The quantitative estimate of drug-likeness (QED) is 0.695. The summed E-state index contributed by atoms with van der Waals surface area (Å²) < 4.78 is 1.97. The van der Waals surface area contributed by atoms with E-state index >= 15 is 0 Å². The number of amides is 2. The number of rotatable bonds is 4. The van der Waals surface area contributed by atoms with Crippen LogP contribution in [0.5, 0.6) is 0 Å². The maximum atomic E-state index is 12.4. The van der Waals surface area contributed by atoms with Gasteiger partial charge in [-0.05, 0) is 36.2 Å². The second kappa shape index (κ2) is 5.60. The molecule has 24 heavy (non-hydrogen) atoms. The van der Waals surface area contributed by atoms with Gasteiger partial charge in [-0.3, -0.25) is 14.5 Å². The van der Waals surface area contributed by atoms with Gasteiger partial charge >= 0.3 is 0 Å². The Hall–Kier alpha value is -2.95. The van der Waals surface area contributed by atoms with Gasteiger partial charge in [0.25, 0.3) is 11.8 Å². The maximum Gasteiger partial charge on any atom is 0.261 e. The molecule has 3 aromatic rings. The number of imidazole rings is 1. The average molecular weight is 319 g/mol. The van der Waals surface area contributed by atoms with Crippen molar-refractivity contribution in [2.75, 3.05) is 6.54 Å². The van der Waals surface area contributed by atoms with Crippen molar-refractivity contribution in [3.63, 3.8) is 0 Å². The lowest BCUT2D eigenvalue weighted by atomic mass is 10.1. The molecule has 5 heteroatoms. The summed E-state index contributed by atoms with van der Waals surface area (Å²) in [4.78, 5) is 30.6. The average Bonchev–Trinajstić information content (AvgIpc) is 3.12. The second-order valence-corrected chi connectivity index (χ2v) is 5.94. The van der Waals surface area contributed by atoms with Crippen LogP contribution in [0.25, 0.3) is 5.65 Å². The largest absolute Gasteiger partial charge is 0.307 e. The van der Waals surface area contributed by atoms with Gasteiger partial charge in [0, 0.05) is 25.4 Å². The SMILES string of the molecule is CCc1ccn2cc(CCN3C(=O)c4ccccc4C3=O)nc2c1. The van der Waals surface area contributed by atoms with E-state index in [2.05, 4.69) is 24.0 Å². The predicted molar refractivity (Wildman–Crippen MR) is 90.1 cm³/mol.